The molecule has 21 heavy (non-hydrogen) atoms. The van der Waals surface area contributed by atoms with Gasteiger partial charge in [-0.2, -0.15) is 11.8 Å². The van der Waals surface area contributed by atoms with Crippen molar-refractivity contribution in [2.75, 3.05) is 45.8 Å². The molecule has 1 amide bonds. The van der Waals surface area contributed by atoms with E-state index in [1.165, 1.54) is 0 Å². The number of likely N-dealkylation sites (N-methyl/N-ethyl adjacent to an activating group) is 1. The van der Waals surface area contributed by atoms with E-state index >= 15 is 0 Å². The molecule has 3 N–H and O–H groups in total. The number of benzene rings is 1. The van der Waals surface area contributed by atoms with Crippen molar-refractivity contribution < 1.29 is 9.53 Å². The molecule has 1 aromatic carbocycles. The van der Waals surface area contributed by atoms with Crippen LogP contribution in [0.5, 0.6) is 5.75 Å². The van der Waals surface area contributed by atoms with Gasteiger partial charge in [-0.3, -0.25) is 4.79 Å². The summed E-state index contributed by atoms with van der Waals surface area (Å²) in [5.41, 5.74) is 6.56. The summed E-state index contributed by atoms with van der Waals surface area (Å²) in [7, 11) is 5.66. The highest BCUT2D eigenvalue weighted by atomic mass is 32.2. The van der Waals surface area contributed by atoms with E-state index in [0.717, 1.165) is 17.1 Å². The van der Waals surface area contributed by atoms with Crippen LogP contribution in [-0.2, 0) is 4.79 Å². The predicted octanol–water partition coefficient (Wildman–Crippen LogP) is 1.11. The summed E-state index contributed by atoms with van der Waals surface area (Å²) in [4.78, 5) is 13.9. The number of methoxy groups -OCH3 is 1. The first-order valence-electron chi connectivity index (χ1n) is 6.93. The molecule has 0 aliphatic heterocycles. The third kappa shape index (κ3) is 6.37. The van der Waals surface area contributed by atoms with Gasteiger partial charge in [0.25, 0.3) is 0 Å². The van der Waals surface area contributed by atoms with Gasteiger partial charge in [-0.25, -0.2) is 0 Å². The van der Waals surface area contributed by atoms with Gasteiger partial charge in [0, 0.05) is 18.8 Å². The molecule has 0 saturated carbocycles. The van der Waals surface area contributed by atoms with Crippen molar-refractivity contribution in [3.8, 4) is 5.75 Å². The summed E-state index contributed by atoms with van der Waals surface area (Å²) in [6.45, 7) is 1.19. The minimum absolute atomic E-state index is 0.0498. The highest BCUT2D eigenvalue weighted by Gasteiger charge is 2.15. The second-order valence-electron chi connectivity index (χ2n) is 4.90. The second-order valence-corrected chi connectivity index (χ2v) is 6.00. The van der Waals surface area contributed by atoms with E-state index in [1.54, 1.807) is 18.9 Å². The van der Waals surface area contributed by atoms with Crippen LogP contribution in [0.3, 0.4) is 0 Å². The Bertz CT molecular complexity index is 423. The van der Waals surface area contributed by atoms with Crippen LogP contribution in [0.1, 0.15) is 11.6 Å². The van der Waals surface area contributed by atoms with E-state index in [9.17, 15) is 4.79 Å². The highest BCUT2D eigenvalue weighted by molar-refractivity contribution is 7.99. The van der Waals surface area contributed by atoms with Crippen LogP contribution in [-0.4, -0.2) is 56.6 Å². The fourth-order valence-electron chi connectivity index (χ4n) is 1.93. The lowest BCUT2D eigenvalue weighted by Crippen LogP contribution is -2.35. The maximum Gasteiger partial charge on any atom is 0.230 e. The lowest BCUT2D eigenvalue weighted by atomic mass is 10.1. The molecule has 5 nitrogen and oxygen atoms in total. The Hall–Kier alpha value is -1.24. The van der Waals surface area contributed by atoms with Crippen LogP contribution in [0.25, 0.3) is 0 Å². The Kier molecular flexibility index (Phi) is 8.19. The Morgan fingerprint density at radius 3 is 2.57 bits per heavy atom. The van der Waals surface area contributed by atoms with Crippen molar-refractivity contribution in [2.45, 2.75) is 6.04 Å². The molecule has 0 aliphatic rings. The lowest BCUT2D eigenvalue weighted by Gasteiger charge is -2.25. The van der Waals surface area contributed by atoms with E-state index in [1.807, 2.05) is 38.4 Å². The number of nitrogens with zero attached hydrogens (tertiary/aromatic N) is 1. The van der Waals surface area contributed by atoms with Gasteiger partial charge in [0.1, 0.15) is 5.75 Å². The fraction of sp³-hybridized carbons (Fsp3) is 0.533. The van der Waals surface area contributed by atoms with Crippen molar-refractivity contribution in [3.05, 3.63) is 29.8 Å². The first-order valence-corrected chi connectivity index (χ1v) is 8.08. The number of carbonyl (C=O) groups is 1. The maximum atomic E-state index is 11.8. The molecule has 0 saturated heterocycles. The predicted molar refractivity (Wildman–Crippen MR) is 88.8 cm³/mol. The van der Waals surface area contributed by atoms with Gasteiger partial charge in [0.05, 0.1) is 18.9 Å². The zero-order chi connectivity index (χ0) is 15.7. The first kappa shape index (κ1) is 17.8. The number of thioether (sulfide) groups is 1. The summed E-state index contributed by atoms with van der Waals surface area (Å²) < 4.78 is 5.17. The molecular formula is C15H25N3O2S. The maximum absolute atomic E-state index is 11.8. The Morgan fingerprint density at radius 2 is 2.05 bits per heavy atom. The standard InChI is InChI=1S/C15H25N3O2S/c1-18(2)14(10-17-15(19)11-21-9-8-16)12-4-6-13(20-3)7-5-12/h4-7,14H,8-11,16H2,1-3H3,(H,17,19). The Balaban J connectivity index is 2.55. The molecule has 0 aromatic heterocycles. The smallest absolute Gasteiger partial charge is 0.230 e. The van der Waals surface area contributed by atoms with E-state index in [0.29, 0.717) is 18.8 Å². The zero-order valence-corrected chi connectivity index (χ0v) is 13.8. The number of amides is 1. The van der Waals surface area contributed by atoms with Crippen molar-refractivity contribution in [3.63, 3.8) is 0 Å². The summed E-state index contributed by atoms with van der Waals surface area (Å²) in [6.07, 6.45) is 0. The third-order valence-electron chi connectivity index (χ3n) is 3.11. The number of hydrogen-bond donors (Lipinski definition) is 2. The molecular weight excluding hydrogens is 286 g/mol. The summed E-state index contributed by atoms with van der Waals surface area (Å²) in [5, 5.41) is 2.98. The fourth-order valence-corrected chi connectivity index (χ4v) is 2.53. The molecule has 0 heterocycles. The molecule has 0 spiro atoms. The topological polar surface area (TPSA) is 67.6 Å². The third-order valence-corrected chi connectivity index (χ3v) is 4.10. The molecule has 0 bridgehead atoms. The van der Waals surface area contributed by atoms with Gasteiger partial charge in [0.2, 0.25) is 5.91 Å². The van der Waals surface area contributed by atoms with Crippen LogP contribution in [0.4, 0.5) is 0 Å². The molecule has 1 rings (SSSR count). The molecule has 6 heteroatoms. The molecule has 118 valence electrons. The summed E-state index contributed by atoms with van der Waals surface area (Å²) in [6, 6.07) is 8.06. The van der Waals surface area contributed by atoms with Crippen LogP contribution < -0.4 is 15.8 Å². The second kappa shape index (κ2) is 9.65. The van der Waals surface area contributed by atoms with Gasteiger partial charge >= 0.3 is 0 Å². The van der Waals surface area contributed by atoms with Crippen LogP contribution in [0.15, 0.2) is 24.3 Å². The Labute approximate surface area is 131 Å². The SMILES string of the molecule is COc1ccc(C(CNC(=O)CSCCN)N(C)C)cc1. The average molecular weight is 311 g/mol. The summed E-state index contributed by atoms with van der Waals surface area (Å²) in [5.74, 6) is 2.15. The molecule has 1 atom stereocenters. The highest BCUT2D eigenvalue weighted by Crippen LogP contribution is 2.20. The molecule has 1 aromatic rings. The molecule has 0 aliphatic carbocycles. The average Bonchev–Trinajstić information content (AvgIpc) is 2.48. The van der Waals surface area contributed by atoms with Gasteiger partial charge in [-0.1, -0.05) is 12.1 Å². The van der Waals surface area contributed by atoms with Crippen molar-refractivity contribution in [2.24, 2.45) is 5.73 Å². The van der Waals surface area contributed by atoms with Gasteiger partial charge in [0.15, 0.2) is 0 Å². The van der Waals surface area contributed by atoms with E-state index in [2.05, 4.69) is 10.2 Å². The van der Waals surface area contributed by atoms with Gasteiger partial charge < -0.3 is 20.7 Å². The number of rotatable bonds is 9. The lowest BCUT2D eigenvalue weighted by molar-refractivity contribution is -0.118. The number of carbonyl (C=O) groups excluding carboxylic acids is 1. The largest absolute Gasteiger partial charge is 0.497 e. The normalized spacial score (nSPS) is 12.2. The minimum Gasteiger partial charge on any atom is -0.497 e. The van der Waals surface area contributed by atoms with Crippen LogP contribution >= 0.6 is 11.8 Å². The van der Waals surface area contributed by atoms with Crippen LogP contribution in [0, 0.1) is 0 Å². The number of nitrogens with two attached hydrogens (primary N) is 1. The number of hydrogen-bond acceptors (Lipinski definition) is 5. The van der Waals surface area contributed by atoms with Gasteiger partial charge in [-0.05, 0) is 31.8 Å². The number of nitrogens with one attached hydrogen (secondary N) is 1. The van der Waals surface area contributed by atoms with Crippen molar-refractivity contribution in [1.29, 1.82) is 0 Å². The van der Waals surface area contributed by atoms with Crippen LogP contribution in [0.2, 0.25) is 0 Å². The quantitative estimate of drug-likeness (QED) is 0.669. The molecule has 0 radical (unpaired) electrons. The first-order chi connectivity index (χ1) is 10.1. The van der Waals surface area contributed by atoms with E-state index in [-0.39, 0.29) is 11.9 Å². The van der Waals surface area contributed by atoms with E-state index < -0.39 is 0 Å². The monoisotopic (exact) mass is 311 g/mol. The number of ether oxygens (including phenoxy) is 1. The zero-order valence-electron chi connectivity index (χ0n) is 13.0. The Morgan fingerprint density at radius 1 is 1.38 bits per heavy atom. The van der Waals surface area contributed by atoms with Crippen molar-refractivity contribution in [1.82, 2.24) is 10.2 Å². The molecule has 0 fully saturated rings. The van der Waals surface area contributed by atoms with E-state index in [4.69, 9.17) is 10.5 Å². The summed E-state index contributed by atoms with van der Waals surface area (Å²) >= 11 is 1.55. The minimum atomic E-state index is 0.0498. The van der Waals surface area contributed by atoms with Gasteiger partial charge in [-0.15, -0.1) is 0 Å². The van der Waals surface area contributed by atoms with Crippen molar-refractivity contribution >= 4 is 17.7 Å². The molecule has 1 unspecified atom stereocenters.